The average Bonchev–Trinajstić information content (AvgIpc) is 2.58. The lowest BCUT2D eigenvalue weighted by Gasteiger charge is -2.58. The number of ether oxygens (including phenoxy) is 1. The van der Waals surface area contributed by atoms with Crippen LogP contribution < -0.4 is 15.4 Å². The number of hydrogen-bond donors (Lipinski definition) is 1. The lowest BCUT2D eigenvalue weighted by atomic mass is 9.57. The van der Waals surface area contributed by atoms with Gasteiger partial charge in [0.25, 0.3) is 0 Å². The van der Waals surface area contributed by atoms with Crippen LogP contribution in [0.15, 0.2) is 30.6 Å². The maximum absolute atomic E-state index is 13.1. The number of carbonyl (C=O) groups excluding carboxylic acids is 1. The molecule has 0 unspecified atom stereocenters. The van der Waals surface area contributed by atoms with Crippen LogP contribution in [0.25, 0.3) is 0 Å². The van der Waals surface area contributed by atoms with Crippen LogP contribution in [0, 0.1) is 11.3 Å². The van der Waals surface area contributed by atoms with E-state index in [0.717, 1.165) is 32.0 Å². The standard InChI is InChI=1S/C19H18ClF3N4O2/c20-15-3-1-2-14(19(21,22)23)13(15)8-29-12-6-25-17(26-7-12)27-9-18(10-27)4-11(5-18)16(24)28/h1-3,6-7,11H,4-5,8-10H2,(H2,24,28). The summed E-state index contributed by atoms with van der Waals surface area (Å²) >= 11 is 5.92. The summed E-state index contributed by atoms with van der Waals surface area (Å²) < 4.78 is 44.8. The third-order valence-corrected chi connectivity index (χ3v) is 5.87. The fourth-order valence-electron chi connectivity index (χ4n) is 4.02. The lowest BCUT2D eigenvalue weighted by Crippen LogP contribution is -2.64. The molecule has 154 valence electrons. The van der Waals surface area contributed by atoms with Gasteiger partial charge in [-0.1, -0.05) is 17.7 Å². The molecule has 1 aliphatic heterocycles. The Hall–Kier alpha value is -2.55. The second kappa shape index (κ2) is 7.05. The van der Waals surface area contributed by atoms with E-state index in [-0.39, 0.29) is 40.2 Å². The lowest BCUT2D eigenvalue weighted by molar-refractivity contribution is -0.138. The van der Waals surface area contributed by atoms with Crippen molar-refractivity contribution in [2.75, 3.05) is 18.0 Å². The van der Waals surface area contributed by atoms with Crippen LogP contribution in [0.3, 0.4) is 0 Å². The average molecular weight is 427 g/mol. The third kappa shape index (κ3) is 3.83. The highest BCUT2D eigenvalue weighted by Crippen LogP contribution is 2.52. The molecule has 10 heteroatoms. The van der Waals surface area contributed by atoms with E-state index in [2.05, 4.69) is 9.97 Å². The molecular formula is C19H18ClF3N4O2. The highest BCUT2D eigenvalue weighted by atomic mass is 35.5. The monoisotopic (exact) mass is 426 g/mol. The molecule has 1 amide bonds. The third-order valence-electron chi connectivity index (χ3n) is 5.52. The number of anilines is 1. The van der Waals surface area contributed by atoms with Crippen LogP contribution in [0.1, 0.15) is 24.0 Å². The minimum absolute atomic E-state index is 0.0157. The number of rotatable bonds is 5. The number of primary amides is 1. The van der Waals surface area contributed by atoms with Crippen molar-refractivity contribution >= 4 is 23.5 Å². The quantitative estimate of drug-likeness (QED) is 0.792. The molecule has 1 saturated carbocycles. The van der Waals surface area contributed by atoms with Crippen LogP contribution in [-0.4, -0.2) is 29.0 Å². The number of aromatic nitrogens is 2. The molecule has 0 radical (unpaired) electrons. The van der Waals surface area contributed by atoms with Crippen molar-refractivity contribution in [3.63, 3.8) is 0 Å². The number of nitrogens with zero attached hydrogens (tertiary/aromatic N) is 3. The van der Waals surface area contributed by atoms with Gasteiger partial charge in [-0.2, -0.15) is 13.2 Å². The molecule has 1 saturated heterocycles. The SMILES string of the molecule is NC(=O)C1CC2(C1)CN(c1ncc(OCc3c(Cl)cccc3C(F)(F)F)cn1)C2. The molecule has 1 aliphatic carbocycles. The first-order chi connectivity index (χ1) is 13.7. The summed E-state index contributed by atoms with van der Waals surface area (Å²) in [4.78, 5) is 21.6. The first kappa shape index (κ1) is 19.8. The number of benzene rings is 1. The van der Waals surface area contributed by atoms with Gasteiger partial charge in [-0.25, -0.2) is 9.97 Å². The summed E-state index contributed by atoms with van der Waals surface area (Å²) in [6, 6.07) is 3.60. The van der Waals surface area contributed by atoms with E-state index in [9.17, 15) is 18.0 Å². The van der Waals surface area contributed by atoms with Gasteiger partial charge in [0, 0.05) is 35.0 Å². The largest absolute Gasteiger partial charge is 0.486 e. The molecule has 1 spiro atoms. The summed E-state index contributed by atoms with van der Waals surface area (Å²) in [5, 5.41) is -0.0157. The van der Waals surface area contributed by atoms with Crippen molar-refractivity contribution in [1.29, 1.82) is 0 Å². The molecule has 2 fully saturated rings. The summed E-state index contributed by atoms with van der Waals surface area (Å²) in [5.74, 6) is 0.466. The fourth-order valence-corrected chi connectivity index (χ4v) is 4.25. The van der Waals surface area contributed by atoms with Gasteiger partial charge in [-0.05, 0) is 25.0 Å². The van der Waals surface area contributed by atoms with Gasteiger partial charge in [0.05, 0.1) is 18.0 Å². The van der Waals surface area contributed by atoms with E-state index in [4.69, 9.17) is 22.1 Å². The topological polar surface area (TPSA) is 81.3 Å². The fraction of sp³-hybridized carbons (Fsp3) is 0.421. The zero-order valence-corrected chi connectivity index (χ0v) is 16.0. The van der Waals surface area contributed by atoms with Crippen molar-refractivity contribution in [2.24, 2.45) is 17.1 Å². The predicted octanol–water partition coefficient (Wildman–Crippen LogP) is 3.43. The summed E-state index contributed by atoms with van der Waals surface area (Å²) in [6.45, 7) is 1.16. The zero-order valence-electron chi connectivity index (χ0n) is 15.2. The van der Waals surface area contributed by atoms with Gasteiger partial charge in [-0.3, -0.25) is 4.79 Å². The maximum atomic E-state index is 13.1. The smallest absolute Gasteiger partial charge is 0.416 e. The van der Waals surface area contributed by atoms with Crippen molar-refractivity contribution in [3.05, 3.63) is 46.7 Å². The van der Waals surface area contributed by atoms with Crippen molar-refractivity contribution < 1.29 is 22.7 Å². The van der Waals surface area contributed by atoms with E-state index < -0.39 is 11.7 Å². The van der Waals surface area contributed by atoms with Crippen molar-refractivity contribution in [2.45, 2.75) is 25.6 Å². The second-order valence-electron chi connectivity index (χ2n) is 7.63. The number of alkyl halides is 3. The van der Waals surface area contributed by atoms with Crippen LogP contribution in [0.5, 0.6) is 5.75 Å². The molecule has 0 atom stereocenters. The molecule has 1 aromatic heterocycles. The minimum Gasteiger partial charge on any atom is -0.486 e. The Balaban J connectivity index is 1.36. The van der Waals surface area contributed by atoms with Gasteiger partial charge in [-0.15, -0.1) is 0 Å². The molecule has 4 rings (SSSR count). The second-order valence-corrected chi connectivity index (χ2v) is 8.04. The van der Waals surface area contributed by atoms with E-state index in [1.807, 2.05) is 4.90 Å². The van der Waals surface area contributed by atoms with Crippen molar-refractivity contribution in [3.8, 4) is 5.75 Å². The van der Waals surface area contributed by atoms with Crippen LogP contribution in [-0.2, 0) is 17.6 Å². The zero-order chi connectivity index (χ0) is 20.8. The van der Waals surface area contributed by atoms with Crippen LogP contribution in [0.2, 0.25) is 5.02 Å². The number of amides is 1. The molecule has 29 heavy (non-hydrogen) atoms. The Morgan fingerprint density at radius 1 is 1.28 bits per heavy atom. The Morgan fingerprint density at radius 3 is 2.52 bits per heavy atom. The summed E-state index contributed by atoms with van der Waals surface area (Å²) in [5.41, 5.74) is 4.47. The van der Waals surface area contributed by atoms with E-state index in [1.165, 1.54) is 24.5 Å². The Labute approximate surface area is 169 Å². The molecule has 2 aliphatic rings. The Morgan fingerprint density at radius 2 is 1.93 bits per heavy atom. The van der Waals surface area contributed by atoms with E-state index >= 15 is 0 Å². The van der Waals surface area contributed by atoms with Crippen LogP contribution in [0.4, 0.5) is 19.1 Å². The maximum Gasteiger partial charge on any atom is 0.416 e. The Bertz CT molecular complexity index is 922. The molecule has 2 aromatic rings. The normalized spacial score (nSPS) is 18.3. The van der Waals surface area contributed by atoms with Crippen molar-refractivity contribution in [1.82, 2.24) is 9.97 Å². The van der Waals surface area contributed by atoms with E-state index in [0.29, 0.717) is 5.95 Å². The van der Waals surface area contributed by atoms with Gasteiger partial charge in [0.1, 0.15) is 6.61 Å². The van der Waals surface area contributed by atoms with Gasteiger partial charge in [0.15, 0.2) is 5.75 Å². The molecular weight excluding hydrogens is 409 g/mol. The molecule has 2 heterocycles. The molecule has 1 aromatic carbocycles. The van der Waals surface area contributed by atoms with Gasteiger partial charge in [0.2, 0.25) is 11.9 Å². The highest BCUT2D eigenvalue weighted by Gasteiger charge is 2.54. The molecule has 2 N–H and O–H groups in total. The van der Waals surface area contributed by atoms with Gasteiger partial charge >= 0.3 is 6.18 Å². The van der Waals surface area contributed by atoms with Gasteiger partial charge < -0.3 is 15.4 Å². The number of carbonyl (C=O) groups is 1. The predicted molar refractivity (Wildman–Crippen MR) is 99.4 cm³/mol. The summed E-state index contributed by atoms with van der Waals surface area (Å²) in [6.07, 6.45) is -0.0971. The highest BCUT2D eigenvalue weighted by molar-refractivity contribution is 6.31. The summed E-state index contributed by atoms with van der Waals surface area (Å²) in [7, 11) is 0. The minimum atomic E-state index is -4.52. The first-order valence-corrected chi connectivity index (χ1v) is 9.38. The number of halogens is 4. The number of hydrogen-bond acceptors (Lipinski definition) is 5. The van der Waals surface area contributed by atoms with E-state index in [1.54, 1.807) is 0 Å². The number of nitrogens with two attached hydrogens (primary N) is 1. The molecule has 6 nitrogen and oxygen atoms in total. The Kier molecular flexibility index (Phi) is 4.80. The molecule has 0 bridgehead atoms. The van der Waals surface area contributed by atoms with Crippen LogP contribution >= 0.6 is 11.6 Å². The first-order valence-electron chi connectivity index (χ1n) is 9.01.